The van der Waals surface area contributed by atoms with Crippen LogP contribution in [0.4, 0.5) is 0 Å². The number of nitrogens with zero attached hydrogens (tertiary/aromatic N) is 1. The molecule has 0 atom stereocenters. The van der Waals surface area contributed by atoms with Crippen molar-refractivity contribution in [2.45, 2.75) is 64.8 Å². The van der Waals surface area contributed by atoms with Gasteiger partial charge in [0.15, 0.2) is 6.61 Å². The number of aromatic nitrogens is 1. The Labute approximate surface area is 130 Å². The molecule has 0 aromatic carbocycles. The summed E-state index contributed by atoms with van der Waals surface area (Å²) in [6.07, 6.45) is 7.34. The molecule has 1 amide bonds. The molecular formula is C16H24N2O4. The van der Waals surface area contributed by atoms with Crippen molar-refractivity contribution < 1.29 is 18.8 Å². The Bertz CT molecular complexity index is 516. The van der Waals surface area contributed by atoms with Crippen LogP contribution in [0.3, 0.4) is 0 Å². The van der Waals surface area contributed by atoms with Gasteiger partial charge in [0.2, 0.25) is 0 Å². The van der Waals surface area contributed by atoms with Crippen LogP contribution < -0.4 is 5.32 Å². The lowest BCUT2D eigenvalue weighted by molar-refractivity contribution is -0.125. The summed E-state index contributed by atoms with van der Waals surface area (Å²) >= 11 is 0. The van der Waals surface area contributed by atoms with Crippen LogP contribution in [0.25, 0.3) is 0 Å². The van der Waals surface area contributed by atoms with Crippen LogP contribution in [-0.4, -0.2) is 29.7 Å². The first-order valence-electron chi connectivity index (χ1n) is 8.03. The highest BCUT2D eigenvalue weighted by molar-refractivity contribution is 5.93. The second-order valence-electron chi connectivity index (χ2n) is 5.75. The molecule has 1 heterocycles. The summed E-state index contributed by atoms with van der Waals surface area (Å²) in [7, 11) is 0. The molecule has 2 rings (SSSR count). The minimum absolute atomic E-state index is 0.206. The summed E-state index contributed by atoms with van der Waals surface area (Å²) < 4.78 is 10.1. The summed E-state index contributed by atoms with van der Waals surface area (Å²) in [6.45, 7) is 3.28. The molecule has 1 fully saturated rings. The molecule has 1 aromatic heterocycles. The lowest BCUT2D eigenvalue weighted by atomic mass is 10.1. The monoisotopic (exact) mass is 308 g/mol. The van der Waals surface area contributed by atoms with Gasteiger partial charge < -0.3 is 14.6 Å². The molecule has 0 aliphatic heterocycles. The topological polar surface area (TPSA) is 81.4 Å². The standard InChI is InChI=1S/C16H24N2O4/c1-3-13-15(11(2)22-18-13)16(20)21-10-14(19)17-12-8-6-4-5-7-9-12/h12H,3-10H2,1-2H3,(H,17,19). The van der Waals surface area contributed by atoms with E-state index in [2.05, 4.69) is 10.5 Å². The number of hydrogen-bond acceptors (Lipinski definition) is 5. The Balaban J connectivity index is 1.82. The molecule has 22 heavy (non-hydrogen) atoms. The number of carbonyl (C=O) groups is 2. The molecule has 0 radical (unpaired) electrons. The van der Waals surface area contributed by atoms with Crippen molar-refractivity contribution in [3.05, 3.63) is 17.0 Å². The van der Waals surface area contributed by atoms with E-state index in [1.807, 2.05) is 6.92 Å². The maximum Gasteiger partial charge on any atom is 0.344 e. The van der Waals surface area contributed by atoms with E-state index in [-0.39, 0.29) is 18.6 Å². The fourth-order valence-corrected chi connectivity index (χ4v) is 2.82. The van der Waals surface area contributed by atoms with Gasteiger partial charge >= 0.3 is 5.97 Å². The average molecular weight is 308 g/mol. The number of nitrogens with one attached hydrogen (secondary N) is 1. The van der Waals surface area contributed by atoms with Gasteiger partial charge in [-0.2, -0.15) is 0 Å². The third kappa shape index (κ3) is 4.32. The Morgan fingerprint density at radius 1 is 1.27 bits per heavy atom. The van der Waals surface area contributed by atoms with Gasteiger partial charge in [-0.25, -0.2) is 4.79 Å². The van der Waals surface area contributed by atoms with Crippen LogP contribution in [0.2, 0.25) is 0 Å². The molecule has 6 heteroatoms. The normalized spacial score (nSPS) is 16.1. The fourth-order valence-electron chi connectivity index (χ4n) is 2.82. The lowest BCUT2D eigenvalue weighted by Gasteiger charge is -2.16. The Kier molecular flexibility index (Phi) is 5.98. The van der Waals surface area contributed by atoms with E-state index in [1.54, 1.807) is 6.92 Å². The summed E-state index contributed by atoms with van der Waals surface area (Å²) in [5, 5.41) is 6.76. The molecule has 1 N–H and O–H groups in total. The molecule has 6 nitrogen and oxygen atoms in total. The van der Waals surface area contributed by atoms with E-state index in [1.165, 1.54) is 12.8 Å². The van der Waals surface area contributed by atoms with Crippen molar-refractivity contribution in [2.24, 2.45) is 0 Å². The Morgan fingerprint density at radius 2 is 1.95 bits per heavy atom. The summed E-state index contributed by atoms with van der Waals surface area (Å²) in [4.78, 5) is 24.0. The van der Waals surface area contributed by atoms with Crippen LogP contribution in [0.15, 0.2) is 4.52 Å². The van der Waals surface area contributed by atoms with Gasteiger partial charge in [0, 0.05) is 6.04 Å². The van der Waals surface area contributed by atoms with Gasteiger partial charge in [-0.1, -0.05) is 37.8 Å². The van der Waals surface area contributed by atoms with Crippen LogP contribution in [0.5, 0.6) is 0 Å². The maximum absolute atomic E-state index is 12.1. The average Bonchev–Trinajstić information content (AvgIpc) is 2.71. The lowest BCUT2D eigenvalue weighted by Crippen LogP contribution is -2.37. The highest BCUT2D eigenvalue weighted by Gasteiger charge is 2.22. The SMILES string of the molecule is CCc1noc(C)c1C(=O)OCC(=O)NC1CCCCCC1. The highest BCUT2D eigenvalue weighted by atomic mass is 16.5. The van der Waals surface area contributed by atoms with E-state index in [9.17, 15) is 9.59 Å². The molecule has 122 valence electrons. The molecule has 0 bridgehead atoms. The van der Waals surface area contributed by atoms with E-state index < -0.39 is 5.97 Å². The third-order valence-corrected chi connectivity index (χ3v) is 4.03. The van der Waals surface area contributed by atoms with Gasteiger partial charge in [0.1, 0.15) is 11.3 Å². The second-order valence-corrected chi connectivity index (χ2v) is 5.75. The van der Waals surface area contributed by atoms with Gasteiger partial charge in [-0.15, -0.1) is 0 Å². The van der Waals surface area contributed by atoms with Crippen molar-refractivity contribution >= 4 is 11.9 Å². The first-order valence-corrected chi connectivity index (χ1v) is 8.03. The molecule has 0 unspecified atom stereocenters. The largest absolute Gasteiger partial charge is 0.452 e. The quantitative estimate of drug-likeness (QED) is 0.668. The number of hydrogen-bond donors (Lipinski definition) is 1. The van der Waals surface area contributed by atoms with E-state index >= 15 is 0 Å². The van der Waals surface area contributed by atoms with Crippen LogP contribution in [0, 0.1) is 6.92 Å². The molecule has 0 spiro atoms. The minimum atomic E-state index is -0.549. The molecule has 0 saturated heterocycles. The van der Waals surface area contributed by atoms with Crippen LogP contribution in [-0.2, 0) is 16.0 Å². The van der Waals surface area contributed by atoms with E-state index in [0.29, 0.717) is 23.4 Å². The molecule has 1 saturated carbocycles. The highest BCUT2D eigenvalue weighted by Crippen LogP contribution is 2.17. The van der Waals surface area contributed by atoms with Gasteiger partial charge in [-0.05, 0) is 26.2 Å². The van der Waals surface area contributed by atoms with Crippen molar-refractivity contribution in [1.29, 1.82) is 0 Å². The van der Waals surface area contributed by atoms with Crippen molar-refractivity contribution in [3.8, 4) is 0 Å². The minimum Gasteiger partial charge on any atom is -0.452 e. The second kappa shape index (κ2) is 7.96. The number of esters is 1. The number of amides is 1. The van der Waals surface area contributed by atoms with Crippen LogP contribution >= 0.6 is 0 Å². The Morgan fingerprint density at radius 3 is 2.59 bits per heavy atom. The first kappa shape index (κ1) is 16.5. The predicted molar refractivity (Wildman–Crippen MR) is 80.5 cm³/mol. The zero-order valence-electron chi connectivity index (χ0n) is 13.3. The number of ether oxygens (including phenoxy) is 1. The number of rotatable bonds is 5. The van der Waals surface area contributed by atoms with Crippen LogP contribution in [0.1, 0.15) is 67.3 Å². The van der Waals surface area contributed by atoms with Gasteiger partial charge in [0.25, 0.3) is 5.91 Å². The first-order chi connectivity index (χ1) is 10.6. The Hall–Kier alpha value is -1.85. The number of aryl methyl sites for hydroxylation is 2. The van der Waals surface area contributed by atoms with Crippen molar-refractivity contribution in [2.75, 3.05) is 6.61 Å². The fraction of sp³-hybridized carbons (Fsp3) is 0.688. The molecule has 1 aliphatic rings. The third-order valence-electron chi connectivity index (χ3n) is 4.03. The summed E-state index contributed by atoms with van der Waals surface area (Å²) in [5.74, 6) is -0.370. The smallest absolute Gasteiger partial charge is 0.344 e. The molecular weight excluding hydrogens is 284 g/mol. The molecule has 1 aromatic rings. The maximum atomic E-state index is 12.1. The predicted octanol–water partition coefficient (Wildman–Crippen LogP) is 2.54. The number of carbonyl (C=O) groups excluding carboxylic acids is 2. The van der Waals surface area contributed by atoms with Crippen molar-refractivity contribution in [3.63, 3.8) is 0 Å². The van der Waals surface area contributed by atoms with Gasteiger partial charge in [-0.3, -0.25) is 4.79 Å². The summed E-state index contributed by atoms with van der Waals surface area (Å²) in [5.41, 5.74) is 0.899. The summed E-state index contributed by atoms with van der Waals surface area (Å²) in [6, 6.07) is 0.206. The van der Waals surface area contributed by atoms with E-state index in [0.717, 1.165) is 25.7 Å². The zero-order chi connectivity index (χ0) is 15.9. The van der Waals surface area contributed by atoms with Crippen molar-refractivity contribution in [1.82, 2.24) is 10.5 Å². The van der Waals surface area contributed by atoms with Gasteiger partial charge in [0.05, 0.1) is 5.69 Å². The zero-order valence-corrected chi connectivity index (χ0v) is 13.3. The molecule has 1 aliphatic carbocycles. The van der Waals surface area contributed by atoms with E-state index in [4.69, 9.17) is 9.26 Å².